The van der Waals surface area contributed by atoms with Gasteiger partial charge in [-0.3, -0.25) is 4.79 Å². The van der Waals surface area contributed by atoms with Crippen molar-refractivity contribution in [2.75, 3.05) is 11.1 Å². The molecule has 29 heavy (non-hydrogen) atoms. The molecule has 1 N–H and O–H groups in total. The molecule has 0 aliphatic carbocycles. The van der Waals surface area contributed by atoms with E-state index in [1.54, 1.807) is 24.3 Å². The molecular formula is C23H19FN2O2S. The van der Waals surface area contributed by atoms with E-state index in [0.29, 0.717) is 22.8 Å². The lowest BCUT2D eigenvalue weighted by Crippen LogP contribution is -2.16. The van der Waals surface area contributed by atoms with Crippen LogP contribution in [0.15, 0.2) is 77.7 Å². The maximum Gasteiger partial charge on any atom is 0.234 e. The van der Waals surface area contributed by atoms with E-state index in [1.807, 2.05) is 42.5 Å². The molecule has 3 aromatic carbocycles. The Morgan fingerprint density at radius 2 is 1.76 bits per heavy atom. The first-order chi connectivity index (χ1) is 14.2. The van der Waals surface area contributed by atoms with Crippen molar-refractivity contribution in [2.45, 2.75) is 17.9 Å². The van der Waals surface area contributed by atoms with E-state index in [4.69, 9.17) is 10.00 Å². The zero-order valence-corrected chi connectivity index (χ0v) is 16.4. The Hall–Kier alpha value is -3.30. The van der Waals surface area contributed by atoms with E-state index in [1.165, 1.54) is 6.07 Å². The minimum atomic E-state index is -0.333. The summed E-state index contributed by atoms with van der Waals surface area (Å²) in [6.07, 6.45) is 0.361. The van der Waals surface area contributed by atoms with Crippen molar-refractivity contribution in [3.8, 4) is 11.8 Å². The molecule has 1 amide bonds. The van der Waals surface area contributed by atoms with Gasteiger partial charge >= 0.3 is 0 Å². The number of carbonyl (C=O) groups excluding carboxylic acids is 1. The Morgan fingerprint density at radius 3 is 2.52 bits per heavy atom. The van der Waals surface area contributed by atoms with Gasteiger partial charge in [-0.2, -0.15) is 5.26 Å². The fraction of sp³-hybridized carbons (Fsp3) is 0.130. The number of ether oxygens (including phenoxy) is 1. The summed E-state index contributed by atoms with van der Waals surface area (Å²) in [5, 5.41) is 11.6. The van der Waals surface area contributed by atoms with Crippen LogP contribution in [0.25, 0.3) is 0 Å². The van der Waals surface area contributed by atoms with E-state index in [9.17, 15) is 9.18 Å². The van der Waals surface area contributed by atoms with Gasteiger partial charge in [0.05, 0.1) is 18.2 Å². The van der Waals surface area contributed by atoms with Crippen LogP contribution in [0.1, 0.15) is 11.1 Å². The lowest BCUT2D eigenvalue weighted by Gasteiger charge is -2.12. The number of para-hydroxylation sites is 1. The summed E-state index contributed by atoms with van der Waals surface area (Å²) in [5.74, 6) is 0.241. The highest BCUT2D eigenvalue weighted by molar-refractivity contribution is 8.00. The highest BCUT2D eigenvalue weighted by Gasteiger charge is 2.10. The van der Waals surface area contributed by atoms with Crippen molar-refractivity contribution in [3.05, 3.63) is 89.7 Å². The van der Waals surface area contributed by atoms with Gasteiger partial charge in [0.2, 0.25) is 5.91 Å². The molecule has 0 saturated carbocycles. The number of thioether (sulfide) groups is 1. The van der Waals surface area contributed by atoms with Crippen LogP contribution in [-0.2, 0) is 17.8 Å². The Labute approximate surface area is 173 Å². The molecule has 0 radical (unpaired) electrons. The molecule has 4 nitrogen and oxygen atoms in total. The minimum Gasteiger partial charge on any atom is -0.489 e. The smallest absolute Gasteiger partial charge is 0.234 e. The van der Waals surface area contributed by atoms with Crippen molar-refractivity contribution >= 4 is 23.4 Å². The predicted molar refractivity (Wildman–Crippen MR) is 112 cm³/mol. The number of hydrogen-bond donors (Lipinski definition) is 1. The summed E-state index contributed by atoms with van der Waals surface area (Å²) in [6.45, 7) is 0.286. The average Bonchev–Trinajstić information content (AvgIpc) is 2.74. The van der Waals surface area contributed by atoms with E-state index < -0.39 is 0 Å². The summed E-state index contributed by atoms with van der Waals surface area (Å²) in [7, 11) is 0. The monoisotopic (exact) mass is 406 g/mol. The zero-order chi connectivity index (χ0) is 20.5. The van der Waals surface area contributed by atoms with E-state index in [2.05, 4.69) is 11.4 Å². The fourth-order valence-electron chi connectivity index (χ4n) is 2.62. The lowest BCUT2D eigenvalue weighted by atomic mass is 10.1. The molecule has 0 fully saturated rings. The number of benzene rings is 3. The Kier molecular flexibility index (Phi) is 7.26. The number of amides is 1. The second-order valence-corrected chi connectivity index (χ2v) is 7.21. The molecule has 0 aromatic heterocycles. The van der Waals surface area contributed by atoms with Crippen molar-refractivity contribution in [1.29, 1.82) is 5.26 Å². The number of nitrogens with one attached hydrogen (secondary N) is 1. The molecule has 0 saturated heterocycles. The van der Waals surface area contributed by atoms with Crippen LogP contribution in [0.3, 0.4) is 0 Å². The van der Waals surface area contributed by atoms with Crippen molar-refractivity contribution in [1.82, 2.24) is 0 Å². The van der Waals surface area contributed by atoms with Crippen LogP contribution in [-0.4, -0.2) is 11.7 Å². The molecule has 0 spiro atoms. The number of nitriles is 1. The number of hydrogen-bond acceptors (Lipinski definition) is 4. The topological polar surface area (TPSA) is 62.1 Å². The summed E-state index contributed by atoms with van der Waals surface area (Å²) < 4.78 is 19.5. The van der Waals surface area contributed by atoms with Crippen LogP contribution in [0.2, 0.25) is 0 Å². The SMILES string of the molecule is N#CCc1ccc(OCc2ccccc2NC(=O)CSc2ccccc2F)cc1. The van der Waals surface area contributed by atoms with E-state index in [0.717, 1.165) is 22.9 Å². The first-order valence-corrected chi connectivity index (χ1v) is 9.98. The van der Waals surface area contributed by atoms with Gasteiger partial charge in [-0.15, -0.1) is 11.8 Å². The van der Waals surface area contributed by atoms with E-state index in [-0.39, 0.29) is 24.1 Å². The van der Waals surface area contributed by atoms with Crippen LogP contribution in [0.5, 0.6) is 5.75 Å². The van der Waals surface area contributed by atoms with Gasteiger partial charge in [0, 0.05) is 16.1 Å². The van der Waals surface area contributed by atoms with E-state index >= 15 is 0 Å². The van der Waals surface area contributed by atoms with Crippen molar-refractivity contribution in [3.63, 3.8) is 0 Å². The summed E-state index contributed by atoms with van der Waals surface area (Å²) in [4.78, 5) is 12.7. The predicted octanol–water partition coefficient (Wildman–Crippen LogP) is 5.20. The largest absolute Gasteiger partial charge is 0.489 e. The molecular weight excluding hydrogens is 387 g/mol. The molecule has 0 heterocycles. The van der Waals surface area contributed by atoms with Gasteiger partial charge in [-0.1, -0.05) is 42.5 Å². The molecule has 146 valence electrons. The van der Waals surface area contributed by atoms with Crippen LogP contribution in [0, 0.1) is 17.1 Å². The average molecular weight is 406 g/mol. The third-order valence-electron chi connectivity index (χ3n) is 4.09. The number of rotatable bonds is 8. The number of carbonyl (C=O) groups is 1. The summed E-state index contributed by atoms with van der Waals surface area (Å²) >= 11 is 1.15. The van der Waals surface area contributed by atoms with Gasteiger partial charge in [0.15, 0.2) is 0 Å². The second-order valence-electron chi connectivity index (χ2n) is 6.19. The van der Waals surface area contributed by atoms with Gasteiger partial charge in [-0.05, 0) is 35.9 Å². The third kappa shape index (κ3) is 6.09. The first kappa shape index (κ1) is 20.4. The fourth-order valence-corrected chi connectivity index (χ4v) is 3.35. The molecule has 0 bridgehead atoms. The first-order valence-electron chi connectivity index (χ1n) is 8.99. The maximum atomic E-state index is 13.7. The number of halogens is 1. The lowest BCUT2D eigenvalue weighted by molar-refractivity contribution is -0.113. The molecule has 0 aliphatic heterocycles. The summed E-state index contributed by atoms with van der Waals surface area (Å²) in [5.41, 5.74) is 2.42. The van der Waals surface area contributed by atoms with Gasteiger partial charge in [-0.25, -0.2) is 4.39 Å². The zero-order valence-electron chi connectivity index (χ0n) is 15.6. The van der Waals surface area contributed by atoms with Gasteiger partial charge < -0.3 is 10.1 Å². The highest BCUT2D eigenvalue weighted by atomic mass is 32.2. The molecule has 3 aromatic rings. The highest BCUT2D eigenvalue weighted by Crippen LogP contribution is 2.23. The normalized spacial score (nSPS) is 10.2. The van der Waals surface area contributed by atoms with Crippen molar-refractivity contribution < 1.29 is 13.9 Å². The number of anilines is 1. The van der Waals surface area contributed by atoms with Crippen LogP contribution in [0.4, 0.5) is 10.1 Å². The molecule has 0 atom stereocenters. The molecule has 6 heteroatoms. The van der Waals surface area contributed by atoms with Crippen LogP contribution < -0.4 is 10.1 Å². The summed E-state index contributed by atoms with van der Waals surface area (Å²) in [6, 6.07) is 23.2. The molecule has 3 rings (SSSR count). The molecule has 0 unspecified atom stereocenters. The van der Waals surface area contributed by atoms with Gasteiger partial charge in [0.25, 0.3) is 0 Å². The Morgan fingerprint density at radius 1 is 1.03 bits per heavy atom. The van der Waals surface area contributed by atoms with Crippen LogP contribution >= 0.6 is 11.8 Å². The maximum absolute atomic E-state index is 13.7. The number of nitrogens with zero attached hydrogens (tertiary/aromatic N) is 1. The Balaban J connectivity index is 1.57. The molecule has 0 aliphatic rings. The quantitative estimate of drug-likeness (QED) is 0.522. The second kappa shape index (κ2) is 10.3. The standard InChI is InChI=1S/C23H19FN2O2S/c24-20-6-2-4-8-22(20)29-16-23(27)26-21-7-3-1-5-18(21)15-28-19-11-9-17(10-12-19)13-14-25/h1-12H,13,15-16H2,(H,26,27). The van der Waals surface area contributed by atoms with Crippen molar-refractivity contribution in [2.24, 2.45) is 0 Å². The minimum absolute atomic E-state index is 0.108. The Bertz CT molecular complexity index is 1020. The van der Waals surface area contributed by atoms with Gasteiger partial charge in [0.1, 0.15) is 18.2 Å². The third-order valence-corrected chi connectivity index (χ3v) is 5.14.